The summed E-state index contributed by atoms with van der Waals surface area (Å²) >= 11 is 7.16. The third-order valence-corrected chi connectivity index (χ3v) is 4.30. The van der Waals surface area contributed by atoms with E-state index in [1.165, 1.54) is 21.3 Å². The van der Waals surface area contributed by atoms with Crippen molar-refractivity contribution >= 4 is 29.3 Å². The summed E-state index contributed by atoms with van der Waals surface area (Å²) in [5.74, 6) is -0.0613. The van der Waals surface area contributed by atoms with Gasteiger partial charge >= 0.3 is 0 Å². The summed E-state index contributed by atoms with van der Waals surface area (Å²) in [6.45, 7) is 0.605. The highest BCUT2D eigenvalue weighted by Crippen LogP contribution is 2.20. The van der Waals surface area contributed by atoms with Gasteiger partial charge in [-0.15, -0.1) is 5.10 Å². The lowest BCUT2D eigenvalue weighted by Crippen LogP contribution is -2.34. The van der Waals surface area contributed by atoms with Crippen molar-refractivity contribution < 1.29 is 4.79 Å². The molecular formula is C15H14ClN7OS. The van der Waals surface area contributed by atoms with Crippen molar-refractivity contribution in [1.82, 2.24) is 25.1 Å². The number of carbonyl (C=O) groups is 1. The Morgan fingerprint density at radius 1 is 1.28 bits per heavy atom. The first-order chi connectivity index (χ1) is 12.2. The lowest BCUT2D eigenvalue weighted by molar-refractivity contribution is -0.128. The van der Waals surface area contributed by atoms with Crippen molar-refractivity contribution in [3.8, 4) is 17.8 Å². The van der Waals surface area contributed by atoms with Crippen molar-refractivity contribution in [2.45, 2.75) is 18.0 Å². The number of halogens is 1. The SMILES string of the molecule is N#CCCN(CCC#N)C(=O)CSc1nnnn1-c1cccc(Cl)c1. The third kappa shape index (κ3) is 5.45. The normalized spacial score (nSPS) is 10.0. The molecule has 10 heteroatoms. The Morgan fingerprint density at radius 2 is 2.00 bits per heavy atom. The van der Waals surface area contributed by atoms with Crippen LogP contribution >= 0.6 is 23.4 Å². The molecule has 0 aliphatic rings. The highest BCUT2D eigenvalue weighted by Gasteiger charge is 2.16. The Hall–Kier alpha value is -2.62. The summed E-state index contributed by atoms with van der Waals surface area (Å²) in [5.41, 5.74) is 0.693. The summed E-state index contributed by atoms with van der Waals surface area (Å²) in [7, 11) is 0. The summed E-state index contributed by atoms with van der Waals surface area (Å²) in [6.07, 6.45) is 0.449. The van der Waals surface area contributed by atoms with Gasteiger partial charge in [-0.25, -0.2) is 0 Å². The van der Waals surface area contributed by atoms with Crippen LogP contribution in [0.1, 0.15) is 12.8 Å². The van der Waals surface area contributed by atoms with Crippen LogP contribution in [0.4, 0.5) is 0 Å². The zero-order chi connectivity index (χ0) is 18.1. The van der Waals surface area contributed by atoms with Gasteiger partial charge in [0.25, 0.3) is 0 Å². The largest absolute Gasteiger partial charge is 0.340 e. The lowest BCUT2D eigenvalue weighted by atomic mass is 10.3. The Labute approximate surface area is 154 Å². The minimum Gasteiger partial charge on any atom is -0.340 e. The highest BCUT2D eigenvalue weighted by atomic mass is 35.5. The van der Waals surface area contributed by atoms with Crippen molar-refractivity contribution in [1.29, 1.82) is 10.5 Å². The number of benzene rings is 1. The predicted octanol–water partition coefficient (Wildman–Crippen LogP) is 2.06. The molecule has 0 unspecified atom stereocenters. The number of nitrogens with zero attached hydrogens (tertiary/aromatic N) is 7. The van der Waals surface area contributed by atoms with Gasteiger partial charge < -0.3 is 4.90 Å². The molecule has 0 radical (unpaired) electrons. The first kappa shape index (κ1) is 18.7. The minimum absolute atomic E-state index is 0.109. The molecule has 2 rings (SSSR count). The van der Waals surface area contributed by atoms with Crippen molar-refractivity contribution in [3.05, 3.63) is 29.3 Å². The number of hydrogen-bond acceptors (Lipinski definition) is 7. The second-order valence-corrected chi connectivity index (χ2v) is 6.22. The van der Waals surface area contributed by atoms with Crippen LogP contribution < -0.4 is 0 Å². The molecule has 0 atom stereocenters. The molecule has 0 N–H and O–H groups in total. The molecule has 0 bridgehead atoms. The molecule has 2 aromatic rings. The van der Waals surface area contributed by atoms with Gasteiger partial charge in [0.1, 0.15) is 0 Å². The van der Waals surface area contributed by atoms with Crippen LogP contribution in [0.3, 0.4) is 0 Å². The molecule has 0 spiro atoms. The Bertz CT molecular complexity index is 793. The van der Waals surface area contributed by atoms with E-state index in [1.807, 2.05) is 12.1 Å². The number of nitriles is 2. The van der Waals surface area contributed by atoms with E-state index in [9.17, 15) is 4.79 Å². The van der Waals surface area contributed by atoms with Gasteiger partial charge in [0.2, 0.25) is 11.1 Å². The summed E-state index contributed by atoms with van der Waals surface area (Å²) in [4.78, 5) is 13.8. The predicted molar refractivity (Wildman–Crippen MR) is 91.9 cm³/mol. The van der Waals surface area contributed by atoms with Gasteiger partial charge in [-0.1, -0.05) is 29.4 Å². The van der Waals surface area contributed by atoms with E-state index in [0.29, 0.717) is 29.0 Å². The fourth-order valence-corrected chi connectivity index (χ4v) is 2.97. The maximum Gasteiger partial charge on any atom is 0.233 e. The minimum atomic E-state index is -0.170. The second-order valence-electron chi connectivity index (χ2n) is 4.84. The first-order valence-electron chi connectivity index (χ1n) is 7.34. The summed E-state index contributed by atoms with van der Waals surface area (Å²) in [5, 5.41) is 29.9. The second kappa shape index (κ2) is 9.62. The van der Waals surface area contributed by atoms with Crippen LogP contribution in [-0.2, 0) is 4.79 Å². The van der Waals surface area contributed by atoms with Gasteiger partial charge in [0, 0.05) is 18.1 Å². The number of aromatic nitrogens is 4. The highest BCUT2D eigenvalue weighted by molar-refractivity contribution is 7.99. The fraction of sp³-hybridized carbons (Fsp3) is 0.333. The Balaban J connectivity index is 2.03. The van der Waals surface area contributed by atoms with Gasteiger partial charge in [-0.2, -0.15) is 15.2 Å². The van der Waals surface area contributed by atoms with E-state index in [-0.39, 0.29) is 24.5 Å². The number of hydrogen-bond donors (Lipinski definition) is 0. The number of tetrazole rings is 1. The molecule has 0 fully saturated rings. The van der Waals surface area contributed by atoms with Crippen LogP contribution in [-0.4, -0.2) is 49.9 Å². The standard InChI is InChI=1S/C15H14ClN7OS/c16-12-4-1-5-13(10-12)23-15(19-20-21-23)25-11-14(24)22(8-2-6-17)9-3-7-18/h1,4-5,10H,2-3,8-9,11H2. The van der Waals surface area contributed by atoms with Crippen molar-refractivity contribution in [3.63, 3.8) is 0 Å². The molecule has 0 saturated carbocycles. The maximum absolute atomic E-state index is 12.3. The van der Waals surface area contributed by atoms with Crippen LogP contribution in [0.5, 0.6) is 0 Å². The molecule has 1 amide bonds. The van der Waals surface area contributed by atoms with Gasteiger partial charge in [0.15, 0.2) is 0 Å². The molecule has 1 aromatic carbocycles. The van der Waals surface area contributed by atoms with Crippen LogP contribution in [0.2, 0.25) is 5.02 Å². The average Bonchev–Trinajstić information content (AvgIpc) is 3.08. The number of rotatable bonds is 8. The molecule has 25 heavy (non-hydrogen) atoms. The Kier molecular flexibility index (Phi) is 7.20. The number of carbonyl (C=O) groups excluding carboxylic acids is 1. The van der Waals surface area contributed by atoms with Crippen molar-refractivity contribution in [2.24, 2.45) is 0 Å². The van der Waals surface area contributed by atoms with E-state index < -0.39 is 0 Å². The molecule has 128 valence electrons. The van der Waals surface area contributed by atoms with E-state index in [0.717, 1.165) is 0 Å². The van der Waals surface area contributed by atoms with Crippen LogP contribution in [0, 0.1) is 22.7 Å². The summed E-state index contributed by atoms with van der Waals surface area (Å²) < 4.78 is 1.50. The van der Waals surface area contributed by atoms with Gasteiger partial charge in [-0.3, -0.25) is 4.79 Å². The quantitative estimate of drug-likeness (QED) is 0.649. The fourth-order valence-electron chi connectivity index (χ4n) is 1.99. The number of thioether (sulfide) groups is 1. The molecule has 8 nitrogen and oxygen atoms in total. The van der Waals surface area contributed by atoms with Crippen LogP contribution in [0.15, 0.2) is 29.4 Å². The summed E-state index contributed by atoms with van der Waals surface area (Å²) in [6, 6.07) is 11.1. The topological polar surface area (TPSA) is 111 Å². The molecule has 0 saturated heterocycles. The number of amides is 1. The Morgan fingerprint density at radius 3 is 2.64 bits per heavy atom. The van der Waals surface area contributed by atoms with E-state index in [1.54, 1.807) is 24.3 Å². The zero-order valence-corrected chi connectivity index (χ0v) is 14.7. The van der Waals surface area contributed by atoms with E-state index in [2.05, 4.69) is 15.5 Å². The van der Waals surface area contributed by atoms with E-state index >= 15 is 0 Å². The third-order valence-electron chi connectivity index (χ3n) is 3.16. The van der Waals surface area contributed by atoms with Crippen LogP contribution in [0.25, 0.3) is 5.69 Å². The van der Waals surface area contributed by atoms with Crippen molar-refractivity contribution in [2.75, 3.05) is 18.8 Å². The average molecular weight is 376 g/mol. The maximum atomic E-state index is 12.3. The molecule has 1 heterocycles. The first-order valence-corrected chi connectivity index (χ1v) is 8.71. The molecular weight excluding hydrogens is 362 g/mol. The molecule has 1 aromatic heterocycles. The lowest BCUT2D eigenvalue weighted by Gasteiger charge is -2.19. The van der Waals surface area contributed by atoms with E-state index in [4.69, 9.17) is 22.1 Å². The molecule has 0 aliphatic carbocycles. The van der Waals surface area contributed by atoms with Gasteiger partial charge in [-0.05, 0) is 28.6 Å². The van der Waals surface area contributed by atoms with Gasteiger partial charge in [0.05, 0.1) is 36.4 Å². The zero-order valence-electron chi connectivity index (χ0n) is 13.2. The molecule has 0 aliphatic heterocycles. The monoisotopic (exact) mass is 375 g/mol. The smallest absolute Gasteiger partial charge is 0.233 e.